The predicted molar refractivity (Wildman–Crippen MR) is 92.0 cm³/mol. The maximum Gasteiger partial charge on any atom is 0.264 e. The van der Waals surface area contributed by atoms with Crippen LogP contribution < -0.4 is 9.04 Å². The second kappa shape index (κ2) is 7.15. The Kier molecular flexibility index (Phi) is 5.47. The van der Waals surface area contributed by atoms with Crippen molar-refractivity contribution in [3.05, 3.63) is 53.0 Å². The van der Waals surface area contributed by atoms with E-state index in [1.54, 1.807) is 48.5 Å². The van der Waals surface area contributed by atoms with E-state index in [1.165, 1.54) is 4.31 Å². The van der Waals surface area contributed by atoms with Crippen molar-refractivity contribution in [3.8, 4) is 5.75 Å². The molecule has 4 nitrogen and oxygen atoms in total. The van der Waals surface area contributed by atoms with E-state index in [0.29, 0.717) is 18.8 Å². The first-order chi connectivity index (χ1) is 10.5. The molecule has 0 aliphatic rings. The lowest BCUT2D eigenvalue weighted by molar-refractivity contribution is 0.340. The van der Waals surface area contributed by atoms with Crippen LogP contribution in [-0.2, 0) is 10.0 Å². The molecule has 0 amide bonds. The maximum absolute atomic E-state index is 12.8. The van der Waals surface area contributed by atoms with Gasteiger partial charge >= 0.3 is 0 Å². The van der Waals surface area contributed by atoms with Crippen LogP contribution in [0.4, 0.5) is 5.69 Å². The van der Waals surface area contributed by atoms with Crippen LogP contribution in [-0.4, -0.2) is 21.6 Å². The summed E-state index contributed by atoms with van der Waals surface area (Å²) < 4.78 is 33.1. The van der Waals surface area contributed by atoms with Crippen LogP contribution >= 0.6 is 15.9 Å². The summed E-state index contributed by atoms with van der Waals surface area (Å²) in [4.78, 5) is 0.270. The molecule has 0 N–H and O–H groups in total. The highest BCUT2D eigenvalue weighted by Gasteiger charge is 2.23. The SMILES string of the molecule is CCOc1ccc(N(CC)S(=O)(=O)c2ccc(Br)cc2)cc1. The molecule has 0 radical (unpaired) electrons. The van der Waals surface area contributed by atoms with Crippen molar-refractivity contribution in [1.82, 2.24) is 0 Å². The molecule has 0 aliphatic carbocycles. The van der Waals surface area contributed by atoms with E-state index in [-0.39, 0.29) is 4.90 Å². The summed E-state index contributed by atoms with van der Waals surface area (Å²) in [6, 6.07) is 13.7. The normalized spacial score (nSPS) is 11.2. The minimum atomic E-state index is -3.57. The van der Waals surface area contributed by atoms with Crippen LogP contribution in [0.1, 0.15) is 13.8 Å². The van der Waals surface area contributed by atoms with Gasteiger partial charge in [-0.15, -0.1) is 0 Å². The Balaban J connectivity index is 2.35. The molecule has 0 spiro atoms. The maximum atomic E-state index is 12.8. The number of halogens is 1. The number of sulfonamides is 1. The zero-order valence-electron chi connectivity index (χ0n) is 12.5. The lowest BCUT2D eigenvalue weighted by Gasteiger charge is -2.23. The lowest BCUT2D eigenvalue weighted by atomic mass is 10.3. The average Bonchev–Trinajstić information content (AvgIpc) is 2.50. The third-order valence-corrected chi connectivity index (χ3v) is 5.57. The van der Waals surface area contributed by atoms with Gasteiger partial charge in [-0.25, -0.2) is 8.42 Å². The number of benzene rings is 2. The van der Waals surface area contributed by atoms with Crippen molar-refractivity contribution in [2.75, 3.05) is 17.5 Å². The largest absolute Gasteiger partial charge is 0.494 e. The third-order valence-electron chi connectivity index (χ3n) is 3.12. The lowest BCUT2D eigenvalue weighted by Crippen LogP contribution is -2.30. The van der Waals surface area contributed by atoms with E-state index in [9.17, 15) is 8.42 Å². The summed E-state index contributed by atoms with van der Waals surface area (Å²) in [5.74, 6) is 0.725. The Morgan fingerprint density at radius 2 is 1.59 bits per heavy atom. The number of anilines is 1. The minimum absolute atomic E-state index is 0.270. The molecule has 0 aromatic heterocycles. The van der Waals surface area contributed by atoms with E-state index in [0.717, 1.165) is 10.2 Å². The van der Waals surface area contributed by atoms with E-state index >= 15 is 0 Å². The van der Waals surface area contributed by atoms with Crippen LogP contribution in [0.15, 0.2) is 57.9 Å². The Morgan fingerprint density at radius 1 is 1.00 bits per heavy atom. The molecule has 0 atom stereocenters. The molecule has 22 heavy (non-hydrogen) atoms. The molecule has 2 rings (SSSR count). The Bertz CT molecular complexity index is 712. The van der Waals surface area contributed by atoms with E-state index < -0.39 is 10.0 Å². The van der Waals surface area contributed by atoms with Gasteiger partial charge in [-0.05, 0) is 62.4 Å². The molecular formula is C16H18BrNO3S. The second-order valence-electron chi connectivity index (χ2n) is 4.55. The van der Waals surface area contributed by atoms with Crippen LogP contribution in [0.2, 0.25) is 0 Å². The smallest absolute Gasteiger partial charge is 0.264 e. The first kappa shape index (κ1) is 16.8. The number of hydrogen-bond acceptors (Lipinski definition) is 3. The van der Waals surface area contributed by atoms with Gasteiger partial charge in [0.1, 0.15) is 5.75 Å². The van der Waals surface area contributed by atoms with Gasteiger partial charge in [-0.1, -0.05) is 15.9 Å². The highest BCUT2D eigenvalue weighted by atomic mass is 79.9. The van der Waals surface area contributed by atoms with Gasteiger partial charge in [0.2, 0.25) is 0 Å². The molecule has 0 saturated heterocycles. The number of rotatable bonds is 6. The average molecular weight is 384 g/mol. The van der Waals surface area contributed by atoms with E-state index in [1.807, 2.05) is 13.8 Å². The van der Waals surface area contributed by atoms with Crippen LogP contribution in [0.3, 0.4) is 0 Å². The van der Waals surface area contributed by atoms with Gasteiger partial charge in [-0.3, -0.25) is 4.31 Å². The molecule has 118 valence electrons. The van der Waals surface area contributed by atoms with Crippen molar-refractivity contribution < 1.29 is 13.2 Å². The molecule has 0 unspecified atom stereocenters. The number of hydrogen-bond donors (Lipinski definition) is 0. The summed E-state index contributed by atoms with van der Waals surface area (Å²) in [6.07, 6.45) is 0. The Morgan fingerprint density at radius 3 is 2.09 bits per heavy atom. The number of nitrogens with zero attached hydrogens (tertiary/aromatic N) is 1. The highest BCUT2D eigenvalue weighted by Crippen LogP contribution is 2.26. The topological polar surface area (TPSA) is 46.6 Å². The van der Waals surface area contributed by atoms with Gasteiger partial charge < -0.3 is 4.74 Å². The summed E-state index contributed by atoms with van der Waals surface area (Å²) in [6.45, 7) is 4.65. The fourth-order valence-electron chi connectivity index (χ4n) is 2.10. The standard InChI is InChI=1S/C16H18BrNO3S/c1-3-18(14-7-9-15(10-8-14)21-4-2)22(19,20)16-11-5-13(17)6-12-16/h5-12H,3-4H2,1-2H3. The quantitative estimate of drug-likeness (QED) is 0.755. The van der Waals surface area contributed by atoms with Crippen molar-refractivity contribution >= 4 is 31.6 Å². The third kappa shape index (κ3) is 3.62. The van der Waals surface area contributed by atoms with Gasteiger partial charge in [0.25, 0.3) is 10.0 Å². The summed E-state index contributed by atoms with van der Waals surface area (Å²) in [5.41, 5.74) is 0.619. The first-order valence-electron chi connectivity index (χ1n) is 7.00. The molecule has 0 fully saturated rings. The van der Waals surface area contributed by atoms with Crippen LogP contribution in [0, 0.1) is 0 Å². The Hall–Kier alpha value is -1.53. The fraction of sp³-hybridized carbons (Fsp3) is 0.250. The summed E-state index contributed by atoms with van der Waals surface area (Å²) in [7, 11) is -3.57. The van der Waals surface area contributed by atoms with Gasteiger partial charge in [0, 0.05) is 11.0 Å². The highest BCUT2D eigenvalue weighted by molar-refractivity contribution is 9.10. The van der Waals surface area contributed by atoms with E-state index in [4.69, 9.17) is 4.74 Å². The van der Waals surface area contributed by atoms with Gasteiger partial charge in [0.05, 0.1) is 17.2 Å². The predicted octanol–water partition coefficient (Wildman–Crippen LogP) is 4.06. The van der Waals surface area contributed by atoms with E-state index in [2.05, 4.69) is 15.9 Å². The van der Waals surface area contributed by atoms with Crippen molar-refractivity contribution in [3.63, 3.8) is 0 Å². The molecule has 0 saturated carbocycles. The zero-order valence-corrected chi connectivity index (χ0v) is 14.9. The van der Waals surface area contributed by atoms with Crippen molar-refractivity contribution in [1.29, 1.82) is 0 Å². The first-order valence-corrected chi connectivity index (χ1v) is 9.23. The molecular weight excluding hydrogens is 366 g/mol. The second-order valence-corrected chi connectivity index (χ2v) is 7.33. The Labute approximate surface area is 139 Å². The van der Waals surface area contributed by atoms with Gasteiger partial charge in [-0.2, -0.15) is 0 Å². The van der Waals surface area contributed by atoms with Crippen molar-refractivity contribution in [2.24, 2.45) is 0 Å². The fourth-order valence-corrected chi connectivity index (χ4v) is 3.84. The molecule has 2 aromatic carbocycles. The molecule has 0 bridgehead atoms. The molecule has 0 aliphatic heterocycles. The summed E-state index contributed by atoms with van der Waals surface area (Å²) >= 11 is 3.31. The van der Waals surface area contributed by atoms with Crippen molar-refractivity contribution in [2.45, 2.75) is 18.7 Å². The molecule has 0 heterocycles. The minimum Gasteiger partial charge on any atom is -0.494 e. The van der Waals surface area contributed by atoms with Crippen LogP contribution in [0.25, 0.3) is 0 Å². The zero-order chi connectivity index (χ0) is 16.2. The monoisotopic (exact) mass is 383 g/mol. The van der Waals surface area contributed by atoms with Crippen LogP contribution in [0.5, 0.6) is 5.75 Å². The summed E-state index contributed by atoms with van der Waals surface area (Å²) in [5, 5.41) is 0. The molecule has 2 aromatic rings. The van der Waals surface area contributed by atoms with Gasteiger partial charge in [0.15, 0.2) is 0 Å². The molecule has 6 heteroatoms. The number of ether oxygens (including phenoxy) is 1.